The minimum absolute atomic E-state index is 0.166. The second kappa shape index (κ2) is 11.0. The molecule has 0 aliphatic heterocycles. The third-order valence-corrected chi connectivity index (χ3v) is 5.70. The summed E-state index contributed by atoms with van der Waals surface area (Å²) in [7, 11) is -2.32. The highest BCUT2D eigenvalue weighted by Crippen LogP contribution is 2.28. The van der Waals surface area contributed by atoms with E-state index < -0.39 is 27.8 Å². The normalized spacial score (nSPS) is 11.1. The summed E-state index contributed by atoms with van der Waals surface area (Å²) < 4.78 is 41.6. The van der Waals surface area contributed by atoms with Gasteiger partial charge in [0.1, 0.15) is 5.82 Å². The van der Waals surface area contributed by atoms with Gasteiger partial charge in [-0.05, 0) is 36.9 Å². The van der Waals surface area contributed by atoms with Crippen LogP contribution >= 0.6 is 0 Å². The van der Waals surface area contributed by atoms with E-state index in [0.29, 0.717) is 29.0 Å². The van der Waals surface area contributed by atoms with Crippen molar-refractivity contribution in [2.45, 2.75) is 11.4 Å². The van der Waals surface area contributed by atoms with Gasteiger partial charge in [0.25, 0.3) is 10.0 Å². The molecule has 0 saturated heterocycles. The van der Waals surface area contributed by atoms with Crippen LogP contribution in [0.2, 0.25) is 0 Å². The molecule has 0 bridgehead atoms. The monoisotopic (exact) mass is 477 g/mol. The molecule has 0 atom stereocenters. The van der Waals surface area contributed by atoms with Gasteiger partial charge in [-0.3, -0.25) is 0 Å². The molecule has 2 heterocycles. The third-order valence-electron chi connectivity index (χ3n) is 4.05. The molecule has 1 aromatic carbocycles. The fourth-order valence-electron chi connectivity index (χ4n) is 2.70. The van der Waals surface area contributed by atoms with Crippen molar-refractivity contribution in [3.63, 3.8) is 0 Å². The number of nitrogens with one attached hydrogen (secondary N) is 1. The Kier molecular flexibility index (Phi) is 8.42. The van der Waals surface area contributed by atoms with Crippen LogP contribution in [0, 0.1) is 11.0 Å². The highest BCUT2D eigenvalue weighted by molar-refractivity contribution is 7.90. The summed E-state index contributed by atoms with van der Waals surface area (Å²) in [5.74, 6) is -3.04. The zero-order valence-corrected chi connectivity index (χ0v) is 18.1. The van der Waals surface area contributed by atoms with E-state index >= 15 is 0 Å². The van der Waals surface area contributed by atoms with Crippen molar-refractivity contribution in [3.05, 3.63) is 89.8 Å². The Balaban J connectivity index is 0.000000414. The number of aromatic nitrogens is 2. The smallest absolute Gasteiger partial charge is 0.328 e. The zero-order chi connectivity index (χ0) is 24.6. The summed E-state index contributed by atoms with van der Waals surface area (Å²) in [6, 6.07) is 10.2. The van der Waals surface area contributed by atoms with E-state index in [0.717, 1.165) is 10.2 Å². The van der Waals surface area contributed by atoms with Gasteiger partial charge in [0.05, 0.1) is 5.69 Å². The SMILES string of the molecule is CNCc1cc(-c2ccccc2F)n(S(=O)(=O)c2ccc[n+]([O-])c2)c1.O=C(O)/C=C/C(=O)O. The lowest BCUT2D eigenvalue weighted by Gasteiger charge is -2.10. The van der Waals surface area contributed by atoms with Gasteiger partial charge in [-0.15, -0.1) is 0 Å². The fourth-order valence-corrected chi connectivity index (χ4v) is 4.10. The molecule has 0 spiro atoms. The average Bonchev–Trinajstić information content (AvgIpc) is 3.18. The van der Waals surface area contributed by atoms with Crippen molar-refractivity contribution in [1.82, 2.24) is 9.29 Å². The number of carboxylic acids is 2. The highest BCUT2D eigenvalue weighted by Gasteiger charge is 2.24. The summed E-state index contributed by atoms with van der Waals surface area (Å²) in [6.45, 7) is 0.417. The molecule has 0 aliphatic carbocycles. The van der Waals surface area contributed by atoms with E-state index in [4.69, 9.17) is 10.2 Å². The molecular weight excluding hydrogens is 457 g/mol. The van der Waals surface area contributed by atoms with Gasteiger partial charge in [0, 0.05) is 36.5 Å². The zero-order valence-electron chi connectivity index (χ0n) is 17.3. The van der Waals surface area contributed by atoms with Crippen molar-refractivity contribution in [3.8, 4) is 11.3 Å². The minimum atomic E-state index is -4.05. The first kappa shape index (κ1) is 25.2. The third kappa shape index (κ3) is 6.72. The number of carboxylic acid groups (broad SMARTS) is 2. The molecule has 33 heavy (non-hydrogen) atoms. The standard InChI is InChI=1S/C17H16FN3O3S.C4H4O4/c1-19-10-13-9-17(15-6-2-3-7-16(15)18)21(11-13)25(23,24)14-5-4-8-20(22)12-14;5-3(6)1-2-4(7)8/h2-9,11-12,19H,10H2,1H3;1-2H,(H,5,6)(H,7,8)/b;2-1+. The quantitative estimate of drug-likeness (QED) is 0.264. The van der Waals surface area contributed by atoms with Crippen LogP contribution in [0.15, 0.2) is 78.1 Å². The molecule has 12 heteroatoms. The molecule has 0 radical (unpaired) electrons. The first-order valence-electron chi connectivity index (χ1n) is 9.25. The Labute approximate surface area is 188 Å². The minimum Gasteiger partial charge on any atom is -0.619 e. The highest BCUT2D eigenvalue weighted by atomic mass is 32.2. The number of benzene rings is 1. The van der Waals surface area contributed by atoms with E-state index in [2.05, 4.69) is 5.32 Å². The number of nitrogens with zero attached hydrogens (tertiary/aromatic N) is 2. The second-order valence-electron chi connectivity index (χ2n) is 6.45. The van der Waals surface area contributed by atoms with E-state index in [9.17, 15) is 27.6 Å². The molecule has 0 saturated carbocycles. The maximum atomic E-state index is 14.2. The summed E-state index contributed by atoms with van der Waals surface area (Å²) in [5.41, 5.74) is 1.04. The van der Waals surface area contributed by atoms with Gasteiger partial charge < -0.3 is 20.7 Å². The molecule has 0 unspecified atom stereocenters. The van der Waals surface area contributed by atoms with Crippen LogP contribution in [0.4, 0.5) is 4.39 Å². The van der Waals surface area contributed by atoms with Crippen LogP contribution in [-0.4, -0.2) is 41.6 Å². The Morgan fingerprint density at radius 1 is 1.15 bits per heavy atom. The van der Waals surface area contributed by atoms with E-state index in [1.807, 2.05) is 0 Å². The Bertz CT molecular complexity index is 1270. The number of rotatable bonds is 7. The Morgan fingerprint density at radius 2 is 1.79 bits per heavy atom. The maximum Gasteiger partial charge on any atom is 0.328 e. The number of aliphatic carboxylic acids is 2. The van der Waals surface area contributed by atoms with Gasteiger partial charge in [-0.25, -0.2) is 26.4 Å². The summed E-state index contributed by atoms with van der Waals surface area (Å²) in [6.07, 6.45) is 4.71. The average molecular weight is 477 g/mol. The molecule has 0 fully saturated rings. The second-order valence-corrected chi connectivity index (χ2v) is 8.27. The fraction of sp³-hybridized carbons (Fsp3) is 0.0952. The molecule has 3 aromatic rings. The summed E-state index contributed by atoms with van der Waals surface area (Å²) in [5, 5.41) is 30.0. The predicted octanol–water partition coefficient (Wildman–Crippen LogP) is 1.60. The van der Waals surface area contributed by atoms with Crippen LogP contribution in [-0.2, 0) is 26.2 Å². The van der Waals surface area contributed by atoms with Crippen LogP contribution in [0.5, 0.6) is 0 Å². The first-order chi connectivity index (χ1) is 15.6. The topological polar surface area (TPSA) is 153 Å². The van der Waals surface area contributed by atoms with Crippen molar-refractivity contribution in [2.24, 2.45) is 0 Å². The van der Waals surface area contributed by atoms with Crippen molar-refractivity contribution in [1.29, 1.82) is 0 Å². The number of hydrogen-bond acceptors (Lipinski definition) is 6. The van der Waals surface area contributed by atoms with Crippen molar-refractivity contribution >= 4 is 22.0 Å². The lowest BCUT2D eigenvalue weighted by Crippen LogP contribution is -2.27. The van der Waals surface area contributed by atoms with Gasteiger partial charge in [0.2, 0.25) is 6.20 Å². The molecule has 0 amide bonds. The molecule has 3 N–H and O–H groups in total. The number of pyridine rings is 1. The largest absolute Gasteiger partial charge is 0.619 e. The first-order valence-corrected chi connectivity index (χ1v) is 10.7. The summed E-state index contributed by atoms with van der Waals surface area (Å²) in [4.78, 5) is 18.9. The molecule has 174 valence electrons. The Morgan fingerprint density at radius 3 is 2.33 bits per heavy atom. The lowest BCUT2D eigenvalue weighted by molar-refractivity contribution is -0.607. The number of halogens is 1. The van der Waals surface area contributed by atoms with E-state index in [-0.39, 0.29) is 16.2 Å². The summed E-state index contributed by atoms with van der Waals surface area (Å²) >= 11 is 0. The van der Waals surface area contributed by atoms with Crippen LogP contribution in [0.25, 0.3) is 11.3 Å². The van der Waals surface area contributed by atoms with Crippen LogP contribution in [0.3, 0.4) is 0 Å². The maximum absolute atomic E-state index is 14.2. The predicted molar refractivity (Wildman–Crippen MR) is 115 cm³/mol. The van der Waals surface area contributed by atoms with Crippen LogP contribution < -0.4 is 10.0 Å². The molecular formula is C21H20FN3O7S. The van der Waals surface area contributed by atoms with Crippen molar-refractivity contribution < 1.29 is 37.3 Å². The van der Waals surface area contributed by atoms with Gasteiger partial charge in [-0.2, -0.15) is 4.73 Å². The van der Waals surface area contributed by atoms with E-state index in [1.165, 1.54) is 42.7 Å². The van der Waals surface area contributed by atoms with E-state index in [1.54, 1.807) is 19.2 Å². The molecule has 2 aromatic heterocycles. The molecule has 3 rings (SSSR count). The number of carbonyl (C=O) groups is 2. The van der Waals surface area contributed by atoms with Crippen molar-refractivity contribution in [2.75, 3.05) is 7.05 Å². The number of hydrogen-bond donors (Lipinski definition) is 3. The lowest BCUT2D eigenvalue weighted by atomic mass is 10.1. The van der Waals surface area contributed by atoms with Gasteiger partial charge in [0.15, 0.2) is 11.1 Å². The van der Waals surface area contributed by atoms with Crippen LogP contribution in [0.1, 0.15) is 5.56 Å². The van der Waals surface area contributed by atoms with Gasteiger partial charge >= 0.3 is 11.9 Å². The molecule has 10 nitrogen and oxygen atoms in total. The molecule has 0 aliphatic rings. The Hall–Kier alpha value is -4.03. The van der Waals surface area contributed by atoms with Gasteiger partial charge in [-0.1, -0.05) is 12.1 Å².